The van der Waals surface area contributed by atoms with Gasteiger partial charge in [-0.3, -0.25) is 15.1 Å². The minimum absolute atomic E-state index is 0.235. The van der Waals surface area contributed by atoms with E-state index in [0.717, 1.165) is 11.3 Å². The molecule has 0 aliphatic rings. The number of pyridine rings is 1. The molecule has 0 bridgehead atoms. The highest BCUT2D eigenvalue weighted by Crippen LogP contribution is 2.25. The molecule has 1 N–H and O–H groups in total. The third kappa shape index (κ3) is 3.54. The molecular formula is C17H15N3O2S. The minimum Gasteiger partial charge on any atom is -0.493 e. The maximum atomic E-state index is 12.4. The van der Waals surface area contributed by atoms with Gasteiger partial charge in [-0.05, 0) is 31.2 Å². The molecule has 0 saturated heterocycles. The third-order valence-electron chi connectivity index (χ3n) is 3.11. The van der Waals surface area contributed by atoms with Gasteiger partial charge in [0.15, 0.2) is 5.13 Å². The zero-order chi connectivity index (χ0) is 16.1. The van der Waals surface area contributed by atoms with Crippen LogP contribution in [0.4, 0.5) is 5.13 Å². The zero-order valence-corrected chi connectivity index (χ0v) is 13.3. The van der Waals surface area contributed by atoms with Crippen LogP contribution in [0, 0.1) is 0 Å². The molecule has 1 aromatic carbocycles. The van der Waals surface area contributed by atoms with Crippen molar-refractivity contribution in [2.45, 2.75) is 6.92 Å². The van der Waals surface area contributed by atoms with Crippen molar-refractivity contribution in [3.05, 3.63) is 59.7 Å². The molecule has 3 rings (SSSR count). The van der Waals surface area contributed by atoms with E-state index in [1.54, 1.807) is 30.6 Å². The fourth-order valence-electron chi connectivity index (χ4n) is 2.08. The van der Waals surface area contributed by atoms with Crippen molar-refractivity contribution in [3.8, 4) is 17.0 Å². The average molecular weight is 325 g/mol. The lowest BCUT2D eigenvalue weighted by Crippen LogP contribution is -2.13. The maximum Gasteiger partial charge on any atom is 0.261 e. The molecule has 116 valence electrons. The van der Waals surface area contributed by atoms with Gasteiger partial charge in [-0.2, -0.15) is 0 Å². The lowest BCUT2D eigenvalue weighted by atomic mass is 10.2. The molecule has 3 aromatic rings. The van der Waals surface area contributed by atoms with E-state index in [-0.39, 0.29) is 5.91 Å². The van der Waals surface area contributed by atoms with Crippen molar-refractivity contribution < 1.29 is 9.53 Å². The van der Waals surface area contributed by atoms with Gasteiger partial charge in [-0.15, -0.1) is 11.3 Å². The number of nitrogens with one attached hydrogen (secondary N) is 1. The van der Waals surface area contributed by atoms with Gasteiger partial charge >= 0.3 is 0 Å². The molecule has 0 atom stereocenters. The molecule has 1 amide bonds. The number of hydrogen-bond donors (Lipinski definition) is 1. The number of benzene rings is 1. The quantitative estimate of drug-likeness (QED) is 0.774. The standard InChI is InChI=1S/C17H15N3O2S/c1-2-22-15-8-4-3-7-13(15)16(21)20-17-19-14(11-23-17)12-6-5-9-18-10-12/h3-11H,2H2,1H3,(H,19,20,21). The van der Waals surface area contributed by atoms with Crippen LogP contribution in [0.5, 0.6) is 5.75 Å². The van der Waals surface area contributed by atoms with Gasteiger partial charge in [0.1, 0.15) is 5.75 Å². The lowest BCUT2D eigenvalue weighted by Gasteiger charge is -2.08. The van der Waals surface area contributed by atoms with Crippen molar-refractivity contribution in [3.63, 3.8) is 0 Å². The number of nitrogens with zero attached hydrogens (tertiary/aromatic N) is 2. The van der Waals surface area contributed by atoms with Crippen LogP contribution < -0.4 is 10.1 Å². The van der Waals surface area contributed by atoms with E-state index in [1.807, 2.05) is 30.5 Å². The smallest absolute Gasteiger partial charge is 0.261 e. The van der Waals surface area contributed by atoms with E-state index in [2.05, 4.69) is 15.3 Å². The number of hydrogen-bond acceptors (Lipinski definition) is 5. The largest absolute Gasteiger partial charge is 0.493 e. The second-order valence-electron chi connectivity index (χ2n) is 4.66. The summed E-state index contributed by atoms with van der Waals surface area (Å²) in [5.41, 5.74) is 2.20. The van der Waals surface area contributed by atoms with E-state index in [0.29, 0.717) is 23.1 Å². The van der Waals surface area contributed by atoms with Gasteiger partial charge in [-0.1, -0.05) is 12.1 Å². The Kier molecular flexibility index (Phi) is 4.63. The number of carbonyl (C=O) groups is 1. The maximum absolute atomic E-state index is 12.4. The Morgan fingerprint density at radius 2 is 2.13 bits per heavy atom. The summed E-state index contributed by atoms with van der Waals surface area (Å²) in [4.78, 5) is 20.9. The summed E-state index contributed by atoms with van der Waals surface area (Å²) in [7, 11) is 0. The van der Waals surface area contributed by atoms with E-state index < -0.39 is 0 Å². The molecule has 0 spiro atoms. The van der Waals surface area contributed by atoms with E-state index in [9.17, 15) is 4.79 Å². The predicted octanol–water partition coefficient (Wildman–Crippen LogP) is 3.86. The van der Waals surface area contributed by atoms with Crippen LogP contribution in [0.3, 0.4) is 0 Å². The van der Waals surface area contributed by atoms with Crippen LogP contribution in [0.1, 0.15) is 17.3 Å². The summed E-state index contributed by atoms with van der Waals surface area (Å²) in [6.45, 7) is 2.39. The van der Waals surface area contributed by atoms with Crippen LogP contribution in [0.25, 0.3) is 11.3 Å². The number of rotatable bonds is 5. The van der Waals surface area contributed by atoms with Crippen LogP contribution in [-0.4, -0.2) is 22.5 Å². The van der Waals surface area contributed by atoms with E-state index in [4.69, 9.17) is 4.74 Å². The first kappa shape index (κ1) is 15.2. The topological polar surface area (TPSA) is 64.1 Å². The van der Waals surface area contributed by atoms with Gasteiger partial charge in [0.25, 0.3) is 5.91 Å². The Bertz CT molecular complexity index is 802. The fourth-order valence-corrected chi connectivity index (χ4v) is 2.79. The predicted molar refractivity (Wildman–Crippen MR) is 90.9 cm³/mol. The summed E-state index contributed by atoms with van der Waals surface area (Å²) < 4.78 is 5.48. The second kappa shape index (κ2) is 7.02. The molecule has 0 aliphatic carbocycles. The fraction of sp³-hybridized carbons (Fsp3) is 0.118. The second-order valence-corrected chi connectivity index (χ2v) is 5.52. The monoisotopic (exact) mass is 325 g/mol. The summed E-state index contributed by atoms with van der Waals surface area (Å²) >= 11 is 1.37. The van der Waals surface area contributed by atoms with Crippen molar-refractivity contribution in [2.24, 2.45) is 0 Å². The summed E-state index contributed by atoms with van der Waals surface area (Å²) in [5.74, 6) is 0.331. The van der Waals surface area contributed by atoms with Crippen molar-refractivity contribution in [1.82, 2.24) is 9.97 Å². The third-order valence-corrected chi connectivity index (χ3v) is 3.87. The Hall–Kier alpha value is -2.73. The zero-order valence-electron chi connectivity index (χ0n) is 12.5. The molecular weight excluding hydrogens is 310 g/mol. The molecule has 0 unspecified atom stereocenters. The highest BCUT2D eigenvalue weighted by molar-refractivity contribution is 7.14. The van der Waals surface area contributed by atoms with Gasteiger partial charge in [0.2, 0.25) is 0 Å². The van der Waals surface area contributed by atoms with Crippen molar-refractivity contribution >= 4 is 22.4 Å². The highest BCUT2D eigenvalue weighted by atomic mass is 32.1. The van der Waals surface area contributed by atoms with Crippen LogP contribution >= 0.6 is 11.3 Å². The molecule has 0 fully saturated rings. The summed E-state index contributed by atoms with van der Waals surface area (Å²) in [6.07, 6.45) is 3.45. The van der Waals surface area contributed by atoms with Gasteiger partial charge < -0.3 is 4.74 Å². The number of thiazole rings is 1. The van der Waals surface area contributed by atoms with Gasteiger partial charge in [0.05, 0.1) is 17.9 Å². The highest BCUT2D eigenvalue weighted by Gasteiger charge is 2.14. The lowest BCUT2D eigenvalue weighted by molar-refractivity contribution is 0.102. The Balaban J connectivity index is 1.78. The molecule has 23 heavy (non-hydrogen) atoms. The molecule has 0 radical (unpaired) electrons. The van der Waals surface area contributed by atoms with Crippen molar-refractivity contribution in [1.29, 1.82) is 0 Å². The number of amides is 1. The normalized spacial score (nSPS) is 10.3. The van der Waals surface area contributed by atoms with E-state index in [1.165, 1.54) is 11.3 Å². The Morgan fingerprint density at radius 1 is 1.26 bits per heavy atom. The van der Waals surface area contributed by atoms with Crippen LogP contribution in [-0.2, 0) is 0 Å². The SMILES string of the molecule is CCOc1ccccc1C(=O)Nc1nc(-c2cccnc2)cs1. The number of para-hydroxylation sites is 1. The van der Waals surface area contributed by atoms with Gasteiger partial charge in [-0.25, -0.2) is 4.98 Å². The molecule has 2 aromatic heterocycles. The van der Waals surface area contributed by atoms with Crippen LogP contribution in [0.2, 0.25) is 0 Å². The average Bonchev–Trinajstić information content (AvgIpc) is 3.05. The Morgan fingerprint density at radius 3 is 2.91 bits per heavy atom. The first-order valence-corrected chi connectivity index (χ1v) is 8.05. The number of anilines is 1. The number of ether oxygens (including phenoxy) is 1. The molecule has 0 aliphatic heterocycles. The minimum atomic E-state index is -0.235. The molecule has 6 heteroatoms. The first-order chi connectivity index (χ1) is 11.3. The molecule has 0 saturated carbocycles. The molecule has 5 nitrogen and oxygen atoms in total. The summed E-state index contributed by atoms with van der Waals surface area (Å²) in [5, 5.41) is 5.25. The van der Waals surface area contributed by atoms with Gasteiger partial charge in [0, 0.05) is 23.3 Å². The summed E-state index contributed by atoms with van der Waals surface area (Å²) in [6, 6.07) is 10.9. The molecule has 2 heterocycles. The van der Waals surface area contributed by atoms with Crippen molar-refractivity contribution in [2.75, 3.05) is 11.9 Å². The first-order valence-electron chi connectivity index (χ1n) is 7.17. The Labute approximate surface area is 138 Å². The number of carbonyl (C=O) groups excluding carboxylic acids is 1. The number of aromatic nitrogens is 2. The van der Waals surface area contributed by atoms with E-state index >= 15 is 0 Å². The van der Waals surface area contributed by atoms with Crippen LogP contribution in [0.15, 0.2) is 54.2 Å².